The lowest BCUT2D eigenvalue weighted by atomic mass is 10.2. The number of aromatic nitrogens is 2. The average molecular weight is 266 g/mol. The lowest BCUT2D eigenvalue weighted by molar-refractivity contribution is 0.379. The zero-order valence-electron chi connectivity index (χ0n) is 9.61. The largest absolute Gasteiger partial charge is 0.389 e. The Bertz CT molecular complexity index is 584. The van der Waals surface area contributed by atoms with Crippen molar-refractivity contribution in [1.82, 2.24) is 10.1 Å². The van der Waals surface area contributed by atoms with Crippen molar-refractivity contribution in [1.29, 1.82) is 0 Å². The molecule has 1 aromatic heterocycles. The number of nitrogens with one attached hydrogen (secondary N) is 1. The second-order valence-corrected chi connectivity index (χ2v) is 4.09. The van der Waals surface area contributed by atoms with E-state index in [2.05, 4.69) is 15.5 Å². The molecule has 94 valence electrons. The standard InChI is InChI=1S/C11H11FN4OS/c1-6-15-10(17-16-6)5-14-7-2-3-8(11(13)18)9(12)4-7/h2-4,14H,5H2,1H3,(H2,13,18). The number of benzene rings is 1. The van der Waals surface area contributed by atoms with Gasteiger partial charge >= 0.3 is 0 Å². The molecule has 0 aliphatic heterocycles. The number of thiocarbonyl (C=S) groups is 1. The van der Waals surface area contributed by atoms with Gasteiger partial charge in [-0.2, -0.15) is 4.98 Å². The van der Waals surface area contributed by atoms with Gasteiger partial charge in [-0.1, -0.05) is 17.4 Å². The molecule has 0 spiro atoms. The van der Waals surface area contributed by atoms with Gasteiger partial charge in [-0.25, -0.2) is 4.39 Å². The van der Waals surface area contributed by atoms with Gasteiger partial charge in [0.05, 0.1) is 6.54 Å². The summed E-state index contributed by atoms with van der Waals surface area (Å²) >= 11 is 4.72. The minimum atomic E-state index is -0.464. The highest BCUT2D eigenvalue weighted by atomic mass is 32.1. The molecule has 1 aromatic carbocycles. The average Bonchev–Trinajstić information content (AvgIpc) is 2.72. The maximum atomic E-state index is 13.6. The molecule has 0 saturated heterocycles. The van der Waals surface area contributed by atoms with Gasteiger partial charge in [0.1, 0.15) is 10.8 Å². The van der Waals surface area contributed by atoms with Crippen LogP contribution in [0, 0.1) is 12.7 Å². The van der Waals surface area contributed by atoms with Crippen LogP contribution in [0.15, 0.2) is 22.7 Å². The topological polar surface area (TPSA) is 77.0 Å². The molecule has 0 aliphatic rings. The highest BCUT2D eigenvalue weighted by molar-refractivity contribution is 7.80. The van der Waals surface area contributed by atoms with Crippen LogP contribution in [-0.2, 0) is 6.54 Å². The van der Waals surface area contributed by atoms with Crippen LogP contribution in [0.4, 0.5) is 10.1 Å². The minimum Gasteiger partial charge on any atom is -0.389 e. The van der Waals surface area contributed by atoms with Gasteiger partial charge in [0.2, 0.25) is 5.89 Å². The summed E-state index contributed by atoms with van der Waals surface area (Å²) in [6.07, 6.45) is 0. The van der Waals surface area contributed by atoms with Gasteiger partial charge in [-0.05, 0) is 25.1 Å². The third-order valence-electron chi connectivity index (χ3n) is 2.25. The monoisotopic (exact) mass is 266 g/mol. The minimum absolute atomic E-state index is 0.0339. The molecule has 0 aliphatic carbocycles. The fourth-order valence-electron chi connectivity index (χ4n) is 1.41. The molecule has 0 amide bonds. The molecule has 0 atom stereocenters. The number of rotatable bonds is 4. The lowest BCUT2D eigenvalue weighted by Gasteiger charge is -2.06. The first-order chi connectivity index (χ1) is 8.56. The van der Waals surface area contributed by atoms with Crippen molar-refractivity contribution in [3.63, 3.8) is 0 Å². The molecular weight excluding hydrogens is 255 g/mol. The lowest BCUT2D eigenvalue weighted by Crippen LogP contribution is -2.12. The first kappa shape index (κ1) is 12.4. The van der Waals surface area contributed by atoms with Crippen LogP contribution >= 0.6 is 12.2 Å². The summed E-state index contributed by atoms with van der Waals surface area (Å²) < 4.78 is 18.5. The van der Waals surface area contributed by atoms with Crippen LogP contribution < -0.4 is 11.1 Å². The van der Waals surface area contributed by atoms with E-state index in [4.69, 9.17) is 22.5 Å². The molecule has 0 radical (unpaired) electrons. The normalized spacial score (nSPS) is 10.3. The van der Waals surface area contributed by atoms with Crippen molar-refractivity contribution < 1.29 is 8.91 Å². The van der Waals surface area contributed by atoms with Gasteiger partial charge in [-0.15, -0.1) is 0 Å². The zero-order valence-corrected chi connectivity index (χ0v) is 10.4. The number of aryl methyl sites for hydroxylation is 1. The van der Waals surface area contributed by atoms with Crippen LogP contribution in [0.5, 0.6) is 0 Å². The van der Waals surface area contributed by atoms with E-state index in [1.165, 1.54) is 12.1 Å². The van der Waals surface area contributed by atoms with Crippen LogP contribution in [0.25, 0.3) is 0 Å². The smallest absolute Gasteiger partial charge is 0.245 e. The maximum Gasteiger partial charge on any atom is 0.245 e. The van der Waals surface area contributed by atoms with E-state index in [0.717, 1.165) is 0 Å². The Labute approximate surface area is 108 Å². The SMILES string of the molecule is Cc1noc(CNc2ccc(C(N)=S)c(F)c2)n1. The molecule has 0 fully saturated rings. The first-order valence-electron chi connectivity index (χ1n) is 5.18. The van der Waals surface area contributed by atoms with E-state index < -0.39 is 5.82 Å². The third kappa shape index (κ3) is 2.80. The molecule has 1 heterocycles. The van der Waals surface area contributed by atoms with Gasteiger partial charge in [0.25, 0.3) is 0 Å². The van der Waals surface area contributed by atoms with E-state index in [-0.39, 0.29) is 10.6 Å². The molecule has 2 aromatic rings. The molecule has 3 N–H and O–H groups in total. The first-order valence-corrected chi connectivity index (χ1v) is 5.59. The van der Waals surface area contributed by atoms with Crippen molar-refractivity contribution in [2.45, 2.75) is 13.5 Å². The number of nitrogens with zero attached hydrogens (tertiary/aromatic N) is 2. The summed E-state index contributed by atoms with van der Waals surface area (Å²) in [5.41, 5.74) is 6.18. The Hall–Kier alpha value is -2.02. The molecule has 18 heavy (non-hydrogen) atoms. The number of hydrogen-bond donors (Lipinski definition) is 2. The van der Waals surface area contributed by atoms with Crippen molar-refractivity contribution in [2.24, 2.45) is 5.73 Å². The Balaban J connectivity index is 2.06. The van der Waals surface area contributed by atoms with Crippen molar-refractivity contribution >= 4 is 22.9 Å². The van der Waals surface area contributed by atoms with Crippen LogP contribution in [-0.4, -0.2) is 15.1 Å². The van der Waals surface area contributed by atoms with Crippen molar-refractivity contribution in [3.05, 3.63) is 41.3 Å². The second kappa shape index (κ2) is 5.09. The van der Waals surface area contributed by atoms with E-state index in [1.807, 2.05) is 0 Å². The summed E-state index contributed by atoms with van der Waals surface area (Å²) in [7, 11) is 0. The molecule has 2 rings (SSSR count). The van der Waals surface area contributed by atoms with E-state index in [0.29, 0.717) is 23.9 Å². The summed E-state index contributed by atoms with van der Waals surface area (Å²) in [5.74, 6) is 0.530. The number of halogens is 1. The summed E-state index contributed by atoms with van der Waals surface area (Å²) in [4.78, 5) is 4.05. The van der Waals surface area contributed by atoms with Crippen LogP contribution in [0.2, 0.25) is 0 Å². The Kier molecular flexibility index (Phi) is 3.52. The summed E-state index contributed by atoms with van der Waals surface area (Å²) in [5, 5.41) is 6.61. The van der Waals surface area contributed by atoms with Gasteiger partial charge in [-0.3, -0.25) is 0 Å². The predicted molar refractivity (Wildman–Crippen MR) is 68.6 cm³/mol. The van der Waals surface area contributed by atoms with Crippen LogP contribution in [0.3, 0.4) is 0 Å². The number of nitrogens with two attached hydrogens (primary N) is 1. The Morgan fingerprint density at radius 2 is 2.33 bits per heavy atom. The van der Waals surface area contributed by atoms with Crippen molar-refractivity contribution in [3.8, 4) is 0 Å². The quantitative estimate of drug-likeness (QED) is 0.821. The van der Waals surface area contributed by atoms with Gasteiger partial charge < -0.3 is 15.6 Å². The number of hydrogen-bond acceptors (Lipinski definition) is 5. The fraction of sp³-hybridized carbons (Fsp3) is 0.182. The van der Waals surface area contributed by atoms with E-state index >= 15 is 0 Å². The van der Waals surface area contributed by atoms with Crippen LogP contribution in [0.1, 0.15) is 17.3 Å². The Morgan fingerprint density at radius 3 is 2.89 bits per heavy atom. The maximum absolute atomic E-state index is 13.6. The molecule has 0 saturated carbocycles. The highest BCUT2D eigenvalue weighted by Crippen LogP contribution is 2.15. The van der Waals surface area contributed by atoms with Gasteiger partial charge in [0, 0.05) is 11.3 Å². The molecule has 7 heteroatoms. The van der Waals surface area contributed by atoms with E-state index in [9.17, 15) is 4.39 Å². The summed E-state index contributed by atoms with van der Waals surface area (Å²) in [6.45, 7) is 2.05. The molecule has 0 unspecified atom stereocenters. The highest BCUT2D eigenvalue weighted by Gasteiger charge is 2.07. The second-order valence-electron chi connectivity index (χ2n) is 3.65. The molecule has 0 bridgehead atoms. The predicted octanol–water partition coefficient (Wildman–Crippen LogP) is 1.76. The Morgan fingerprint density at radius 1 is 1.56 bits per heavy atom. The fourth-order valence-corrected chi connectivity index (χ4v) is 1.58. The zero-order chi connectivity index (χ0) is 13.1. The number of anilines is 1. The molecular formula is C11H11FN4OS. The summed E-state index contributed by atoms with van der Waals surface area (Å²) in [6, 6.07) is 4.53. The third-order valence-corrected chi connectivity index (χ3v) is 2.47. The molecule has 5 nitrogen and oxygen atoms in total. The van der Waals surface area contributed by atoms with Gasteiger partial charge in [0.15, 0.2) is 5.82 Å². The van der Waals surface area contributed by atoms with E-state index in [1.54, 1.807) is 13.0 Å². The van der Waals surface area contributed by atoms with Crippen molar-refractivity contribution in [2.75, 3.05) is 5.32 Å².